The molecule has 0 unspecified atom stereocenters. The van der Waals surface area contributed by atoms with Crippen molar-refractivity contribution in [1.82, 2.24) is 4.73 Å². The van der Waals surface area contributed by atoms with Gasteiger partial charge in [-0.2, -0.15) is 4.73 Å². The van der Waals surface area contributed by atoms with Gasteiger partial charge in [0, 0.05) is 21.9 Å². The molecule has 0 aliphatic heterocycles. The summed E-state index contributed by atoms with van der Waals surface area (Å²) in [6, 6.07) is 14.4. The van der Waals surface area contributed by atoms with Crippen LogP contribution in [-0.4, -0.2) is 10.6 Å². The van der Waals surface area contributed by atoms with Crippen LogP contribution in [0.3, 0.4) is 0 Å². The summed E-state index contributed by atoms with van der Waals surface area (Å²) in [6.45, 7) is 1.71. The van der Waals surface area contributed by atoms with Crippen molar-refractivity contribution in [2.24, 2.45) is 0 Å². The average molecular weight is 431 g/mol. The molecule has 0 saturated carbocycles. The van der Waals surface area contributed by atoms with Crippen molar-refractivity contribution in [3.05, 3.63) is 98.1 Å². The van der Waals surface area contributed by atoms with Crippen LogP contribution in [0.25, 0.3) is 0 Å². The second kappa shape index (κ2) is 8.18. The number of anilines is 1. The van der Waals surface area contributed by atoms with Crippen molar-refractivity contribution < 1.29 is 14.0 Å². The summed E-state index contributed by atoms with van der Waals surface area (Å²) >= 11 is 3.36. The molecule has 0 aliphatic carbocycles. The summed E-state index contributed by atoms with van der Waals surface area (Å²) in [7, 11) is 0. The van der Waals surface area contributed by atoms with Gasteiger partial charge in [-0.15, -0.1) is 0 Å². The number of carbonyl (C=O) groups excluding carboxylic acids is 1. The fourth-order valence-corrected chi connectivity index (χ4v) is 2.94. The number of hydrogen-bond acceptors (Lipinski definition) is 3. The molecule has 0 fully saturated rings. The van der Waals surface area contributed by atoms with Crippen molar-refractivity contribution in [1.29, 1.82) is 0 Å². The van der Waals surface area contributed by atoms with E-state index in [1.807, 2.05) is 13.0 Å². The molecule has 7 heteroatoms. The minimum atomic E-state index is -0.624. The number of amides is 1. The molecule has 0 radical (unpaired) electrons. The first kappa shape index (κ1) is 18.8. The minimum Gasteiger partial charge on any atom is -0.406 e. The molecule has 3 rings (SSSR count). The fourth-order valence-electron chi connectivity index (χ4n) is 2.46. The molecule has 5 nitrogen and oxygen atoms in total. The molecule has 1 heterocycles. The molecule has 0 spiro atoms. The second-order valence-corrected chi connectivity index (χ2v) is 6.75. The number of carbonyl (C=O) groups is 1. The van der Waals surface area contributed by atoms with E-state index >= 15 is 0 Å². The summed E-state index contributed by atoms with van der Waals surface area (Å²) in [5.74, 6) is -0.973. The predicted octanol–water partition coefficient (Wildman–Crippen LogP) is 3.94. The molecule has 0 atom stereocenters. The maximum atomic E-state index is 13.7. The van der Waals surface area contributed by atoms with E-state index in [1.165, 1.54) is 24.4 Å². The zero-order valence-corrected chi connectivity index (χ0v) is 16.0. The molecule has 1 amide bonds. The highest BCUT2D eigenvalue weighted by Gasteiger charge is 2.14. The fraction of sp³-hybridized carbons (Fsp3) is 0.100. The zero-order valence-electron chi connectivity index (χ0n) is 14.4. The van der Waals surface area contributed by atoms with Crippen LogP contribution in [0.1, 0.15) is 21.5 Å². The Morgan fingerprint density at radius 2 is 1.96 bits per heavy atom. The largest absolute Gasteiger partial charge is 0.406 e. The van der Waals surface area contributed by atoms with Crippen LogP contribution >= 0.6 is 15.9 Å². The Balaban J connectivity index is 1.79. The molecule has 138 valence electrons. The van der Waals surface area contributed by atoms with Gasteiger partial charge in [0.1, 0.15) is 18.0 Å². The normalized spacial score (nSPS) is 10.5. The monoisotopic (exact) mass is 430 g/mol. The van der Waals surface area contributed by atoms with Gasteiger partial charge >= 0.3 is 0 Å². The lowest BCUT2D eigenvalue weighted by Crippen LogP contribution is -2.32. The summed E-state index contributed by atoms with van der Waals surface area (Å²) in [5, 5.41) is 2.72. The number of aromatic nitrogens is 1. The lowest BCUT2D eigenvalue weighted by molar-refractivity contribution is 0.0847. The third-order valence-electron chi connectivity index (χ3n) is 3.91. The Bertz CT molecular complexity index is 1050. The number of halogens is 2. The van der Waals surface area contributed by atoms with E-state index in [0.29, 0.717) is 11.3 Å². The number of aryl methyl sites for hydroxylation is 1. The van der Waals surface area contributed by atoms with Gasteiger partial charge in [0.15, 0.2) is 0 Å². The van der Waals surface area contributed by atoms with E-state index in [1.54, 1.807) is 30.3 Å². The molecule has 2 aromatic carbocycles. The molecule has 0 saturated heterocycles. The lowest BCUT2D eigenvalue weighted by atomic mass is 10.2. The number of pyridine rings is 1. The summed E-state index contributed by atoms with van der Waals surface area (Å²) < 4.78 is 15.5. The van der Waals surface area contributed by atoms with Gasteiger partial charge in [-0.25, -0.2) is 4.39 Å². The van der Waals surface area contributed by atoms with Crippen molar-refractivity contribution >= 4 is 27.5 Å². The van der Waals surface area contributed by atoms with Crippen LogP contribution in [0.5, 0.6) is 0 Å². The van der Waals surface area contributed by atoms with Crippen molar-refractivity contribution in [3.8, 4) is 0 Å². The van der Waals surface area contributed by atoms with Crippen LogP contribution in [-0.2, 0) is 6.61 Å². The lowest BCUT2D eigenvalue weighted by Gasteiger charge is -2.11. The van der Waals surface area contributed by atoms with Gasteiger partial charge in [0.05, 0.1) is 0 Å². The van der Waals surface area contributed by atoms with E-state index in [9.17, 15) is 14.0 Å². The Morgan fingerprint density at radius 3 is 2.70 bits per heavy atom. The summed E-state index contributed by atoms with van der Waals surface area (Å²) in [5.41, 5.74) is 1.06. The molecule has 3 aromatic rings. The van der Waals surface area contributed by atoms with Gasteiger partial charge in [-0.05, 0) is 48.9 Å². The Labute approximate surface area is 163 Å². The van der Waals surface area contributed by atoms with E-state index < -0.39 is 17.3 Å². The van der Waals surface area contributed by atoms with E-state index in [2.05, 4.69) is 21.2 Å². The third kappa shape index (κ3) is 4.43. The topological polar surface area (TPSA) is 60.3 Å². The summed E-state index contributed by atoms with van der Waals surface area (Å²) in [4.78, 5) is 30.4. The maximum absolute atomic E-state index is 13.7. The zero-order chi connectivity index (χ0) is 19.4. The maximum Gasteiger partial charge on any atom is 0.295 e. The first-order chi connectivity index (χ1) is 13.0. The van der Waals surface area contributed by atoms with Gasteiger partial charge in [0.2, 0.25) is 0 Å². The molecule has 1 N–H and O–H groups in total. The number of nitrogens with zero attached hydrogens (tertiary/aromatic N) is 1. The standard InChI is InChI=1S/C20H16BrFN2O3/c1-13-11-15(21)8-9-18(13)23-19(25)16-6-4-10-24(20(16)26)27-12-14-5-2-3-7-17(14)22/h2-11H,12H2,1H3,(H,23,25). The van der Waals surface area contributed by atoms with Gasteiger partial charge < -0.3 is 10.2 Å². The highest BCUT2D eigenvalue weighted by Crippen LogP contribution is 2.20. The highest BCUT2D eigenvalue weighted by atomic mass is 79.9. The van der Waals surface area contributed by atoms with Crippen LogP contribution < -0.4 is 15.7 Å². The van der Waals surface area contributed by atoms with Crippen LogP contribution in [0.4, 0.5) is 10.1 Å². The minimum absolute atomic E-state index is 0.0756. The van der Waals surface area contributed by atoms with Crippen LogP contribution in [0.15, 0.2) is 70.1 Å². The van der Waals surface area contributed by atoms with E-state index in [4.69, 9.17) is 4.84 Å². The van der Waals surface area contributed by atoms with Gasteiger partial charge in [-0.1, -0.05) is 34.1 Å². The summed E-state index contributed by atoms with van der Waals surface area (Å²) in [6.07, 6.45) is 1.38. The predicted molar refractivity (Wildman–Crippen MR) is 104 cm³/mol. The number of benzene rings is 2. The molecular weight excluding hydrogens is 415 g/mol. The molecule has 0 bridgehead atoms. The van der Waals surface area contributed by atoms with E-state index in [-0.39, 0.29) is 12.2 Å². The highest BCUT2D eigenvalue weighted by molar-refractivity contribution is 9.10. The molecule has 1 aromatic heterocycles. The Hall–Kier alpha value is -2.93. The third-order valence-corrected chi connectivity index (χ3v) is 4.41. The average Bonchev–Trinajstić information content (AvgIpc) is 2.64. The Kier molecular flexibility index (Phi) is 5.71. The number of rotatable bonds is 5. The van der Waals surface area contributed by atoms with Crippen LogP contribution in [0, 0.1) is 12.7 Å². The van der Waals surface area contributed by atoms with Crippen molar-refractivity contribution in [2.45, 2.75) is 13.5 Å². The molecule has 27 heavy (non-hydrogen) atoms. The SMILES string of the molecule is Cc1cc(Br)ccc1NC(=O)c1cccn(OCc2ccccc2F)c1=O. The quantitative estimate of drug-likeness (QED) is 0.666. The van der Waals surface area contributed by atoms with E-state index in [0.717, 1.165) is 14.8 Å². The van der Waals surface area contributed by atoms with Crippen molar-refractivity contribution in [2.75, 3.05) is 5.32 Å². The van der Waals surface area contributed by atoms with Gasteiger partial charge in [0.25, 0.3) is 11.5 Å². The number of nitrogens with one attached hydrogen (secondary N) is 1. The first-order valence-electron chi connectivity index (χ1n) is 8.11. The van der Waals surface area contributed by atoms with Crippen molar-refractivity contribution in [3.63, 3.8) is 0 Å². The second-order valence-electron chi connectivity index (χ2n) is 5.83. The number of hydrogen-bond donors (Lipinski definition) is 1. The molecular formula is C20H16BrFN2O3. The first-order valence-corrected chi connectivity index (χ1v) is 8.91. The molecule has 0 aliphatic rings. The Morgan fingerprint density at radius 1 is 1.19 bits per heavy atom. The van der Waals surface area contributed by atoms with Crippen LogP contribution in [0.2, 0.25) is 0 Å². The smallest absolute Gasteiger partial charge is 0.295 e. The van der Waals surface area contributed by atoms with Gasteiger partial charge in [-0.3, -0.25) is 9.59 Å².